The molecule has 0 saturated carbocycles. The van der Waals surface area contributed by atoms with Crippen molar-refractivity contribution >= 4 is 120 Å². The lowest BCUT2D eigenvalue weighted by molar-refractivity contribution is 0.418. The van der Waals surface area contributed by atoms with Gasteiger partial charge in [-0.1, -0.05) is 401 Å². The molecule has 1 aromatic heterocycles. The summed E-state index contributed by atoms with van der Waals surface area (Å²) in [5, 5.41) is 21.3. The average Bonchev–Trinajstić information content (AvgIpc) is 1.58. The van der Waals surface area contributed by atoms with Crippen LogP contribution in [0.5, 0.6) is 23.0 Å². The van der Waals surface area contributed by atoms with Crippen molar-refractivity contribution in [2.45, 2.75) is 78.1 Å². The van der Waals surface area contributed by atoms with Crippen molar-refractivity contribution in [1.82, 2.24) is 9.55 Å². The summed E-state index contributed by atoms with van der Waals surface area (Å²) in [5.41, 5.74) is 32.0. The molecule has 4 nitrogen and oxygen atoms in total. The average molecular weight is 1740 g/mol. The summed E-state index contributed by atoms with van der Waals surface area (Å²) in [4.78, 5) is 5.42. The highest BCUT2D eigenvalue weighted by atomic mass is 28.3. The molecular weight excluding hydrogens is 1650 g/mol. The second-order valence-electron chi connectivity index (χ2n) is 39.1. The van der Waals surface area contributed by atoms with Crippen LogP contribution in [0.15, 0.2) is 394 Å². The Bertz CT molecular complexity index is 8530. The van der Waals surface area contributed by atoms with E-state index < -0.39 is 29.6 Å². The zero-order valence-corrected chi connectivity index (χ0v) is 78.4. The number of aryl methyl sites for hydroxylation is 1. The van der Waals surface area contributed by atoms with Gasteiger partial charge >= 0.3 is 0 Å². The Morgan fingerprint density at radius 3 is 1.26 bits per heavy atom. The number of aromatic nitrogens is 2. The van der Waals surface area contributed by atoms with E-state index in [0.717, 1.165) is 113 Å². The molecule has 0 amide bonds. The van der Waals surface area contributed by atoms with Gasteiger partial charge in [0.25, 0.3) is 0 Å². The van der Waals surface area contributed by atoms with Crippen LogP contribution in [-0.4, -0.2) is 33.8 Å². The molecule has 132 heavy (non-hydrogen) atoms. The monoisotopic (exact) mass is 1740 g/mol. The van der Waals surface area contributed by atoms with E-state index in [9.17, 15) is 0 Å². The number of hydrogen-bond donors (Lipinski definition) is 0. The van der Waals surface area contributed by atoms with Crippen LogP contribution in [0.1, 0.15) is 62.7 Å². The van der Waals surface area contributed by atoms with Crippen molar-refractivity contribution in [1.29, 1.82) is 0 Å². The van der Waals surface area contributed by atoms with Gasteiger partial charge in [0, 0.05) is 50.8 Å². The van der Waals surface area contributed by atoms with Crippen LogP contribution >= 0.6 is 0 Å². The smallest absolute Gasteiger partial charge is 0.181 e. The van der Waals surface area contributed by atoms with Gasteiger partial charge in [0.2, 0.25) is 0 Å². The fourth-order valence-corrected chi connectivity index (χ4v) is 36.6. The fourth-order valence-electron chi connectivity index (χ4n) is 25.1. The molecule has 0 radical (unpaired) electrons. The summed E-state index contributed by atoms with van der Waals surface area (Å²) in [7, 11) is -7.53. The Balaban J connectivity index is 0.622. The minimum Gasteiger partial charge on any atom is -0.457 e. The van der Waals surface area contributed by atoms with E-state index >= 15 is 0 Å². The van der Waals surface area contributed by atoms with E-state index in [-0.39, 0.29) is 5.41 Å². The first-order valence-electron chi connectivity index (χ1n) is 46.8. The highest BCUT2D eigenvalue weighted by Gasteiger charge is 2.51. The molecule has 0 saturated heterocycles. The van der Waals surface area contributed by atoms with Crippen molar-refractivity contribution in [3.05, 3.63) is 422 Å². The SMILES string of the molecule is CCc1nc2cccc(-c3c4cccc(-c5cccc6c5C(C)(C)c5ccccc5O6)c4cc4c(-c5cccc6c5C(C)(C)c5ccc(-c7ccc8c(c7)[Si](C)(C)c7cccc(-c9cccc%10c(-c%11cccc%12c%11[Si](c%11ccccc%11)(c%11ccccc%11)c%11ccccc%11-%12)c%11cccc(-c%12cccc%13c%12-c%12ccccc%12[Si]%13(C)C)c%11cc9%10)c7-8)cc5O6)cccc34)c2n1-c1ccccc1. The number of imidazole rings is 1. The molecule has 0 unspecified atom stereocenters. The quantitative estimate of drug-likeness (QED) is 0.0956. The lowest BCUT2D eigenvalue weighted by Crippen LogP contribution is -2.73. The third-order valence-electron chi connectivity index (χ3n) is 30.9. The molecule has 0 aliphatic carbocycles. The first-order valence-corrected chi connectivity index (χ1v) is 54.8. The van der Waals surface area contributed by atoms with E-state index in [0.29, 0.717) is 0 Å². The van der Waals surface area contributed by atoms with Crippen LogP contribution in [0.25, 0.3) is 171 Å². The zero-order chi connectivity index (χ0) is 88.6. The lowest BCUT2D eigenvalue weighted by atomic mass is 9.71. The Morgan fingerprint density at radius 1 is 0.273 bits per heavy atom. The summed E-state index contributed by atoms with van der Waals surface area (Å²) in [6.07, 6.45) is 0.770. The van der Waals surface area contributed by atoms with Gasteiger partial charge < -0.3 is 9.47 Å². The Hall–Kier alpha value is -14.8. The van der Waals surface area contributed by atoms with Crippen molar-refractivity contribution < 1.29 is 9.47 Å². The number of benzene rings is 20. The summed E-state index contributed by atoms with van der Waals surface area (Å²) in [6, 6.07) is 151. The minimum atomic E-state index is -3.06. The summed E-state index contributed by atoms with van der Waals surface area (Å²) < 4.78 is 16.8. The second-order valence-corrected chi connectivity index (χ2v) is 51.5. The highest BCUT2D eigenvalue weighted by molar-refractivity contribution is 7.22. The third-order valence-corrected chi connectivity index (χ3v) is 42.9. The van der Waals surface area contributed by atoms with Crippen LogP contribution < -0.4 is 51.0 Å². The predicted octanol–water partition coefficient (Wildman–Crippen LogP) is 27.7. The van der Waals surface area contributed by atoms with Gasteiger partial charge in [-0.3, -0.25) is 4.57 Å². The molecule has 0 fully saturated rings. The van der Waals surface area contributed by atoms with Crippen LogP contribution in [0, 0.1) is 0 Å². The number of ether oxygens (including phenoxy) is 2. The molecule has 5 aliphatic heterocycles. The number of rotatable bonds is 11. The molecule has 5 aliphatic rings. The predicted molar refractivity (Wildman–Crippen MR) is 563 cm³/mol. The van der Waals surface area contributed by atoms with Gasteiger partial charge in [-0.25, -0.2) is 4.98 Å². The van der Waals surface area contributed by atoms with Gasteiger partial charge in [-0.05, 0) is 245 Å². The molecule has 0 atom stereocenters. The molecule has 21 aromatic rings. The summed E-state index contributed by atoms with van der Waals surface area (Å²) >= 11 is 0. The van der Waals surface area contributed by atoms with E-state index in [2.05, 4.69) is 460 Å². The van der Waals surface area contributed by atoms with E-state index in [4.69, 9.17) is 14.5 Å². The van der Waals surface area contributed by atoms with Gasteiger partial charge in [-0.15, -0.1) is 0 Å². The standard InChI is InChI=1S/C125H94N2O2Si3/c1-10-115-126-105-60-31-57-97(122(105)127(115)78-36-14-11-15-37-78)116-88-48-28-46-83(92-54-32-62-107-120(92)124(2,3)103-59-22-23-61-106(103)128-107)101(88)75-102-84(47-29-49-89(102)116)93-55-33-63-108-121(93)125(4,5)104-71-69-76(72-109(104)129-108)77-68-70-96-114(73-77)131(8,9)113-67-35-53-87(119(96)113)82-45-27-51-91-100(82)74-99-81(86-52-34-66-112-118(86)95-43-21-24-64-110(95)130(112,6)7)44-26-50-90(99)117(91)98-58-30-56-94-85-42-20-25-65-111(85)132(123(94)98,79-38-16-12-17-39-79)80-40-18-13-19-41-80/h11-75H,10H2,1-9H3. The summed E-state index contributed by atoms with van der Waals surface area (Å²) in [5.74, 6) is 4.56. The van der Waals surface area contributed by atoms with E-state index in [1.165, 1.54) is 157 Å². The molecule has 0 bridgehead atoms. The van der Waals surface area contributed by atoms with Crippen molar-refractivity contribution in [2.24, 2.45) is 0 Å². The maximum atomic E-state index is 7.50. The Morgan fingerprint density at radius 2 is 0.667 bits per heavy atom. The van der Waals surface area contributed by atoms with Crippen LogP contribution in [-0.2, 0) is 17.3 Å². The van der Waals surface area contributed by atoms with E-state index in [1.807, 2.05) is 0 Å². The molecule has 0 spiro atoms. The molecule has 20 aromatic carbocycles. The van der Waals surface area contributed by atoms with Gasteiger partial charge in [0.05, 0.1) is 11.0 Å². The van der Waals surface area contributed by atoms with Crippen molar-refractivity contribution in [3.8, 4) is 140 Å². The number of fused-ring (bicyclic) bond motifs is 18. The largest absolute Gasteiger partial charge is 0.457 e. The highest BCUT2D eigenvalue weighted by Crippen LogP contribution is 2.58. The first kappa shape index (κ1) is 78.2. The Labute approximate surface area is 773 Å². The molecular formula is C125H94N2O2Si3. The molecule has 26 rings (SSSR count). The Kier molecular flexibility index (Phi) is 17.1. The number of nitrogens with zero attached hydrogens (tertiary/aromatic N) is 2. The lowest BCUT2D eigenvalue weighted by Gasteiger charge is -2.37. The van der Waals surface area contributed by atoms with Gasteiger partial charge in [0.15, 0.2) is 8.07 Å². The van der Waals surface area contributed by atoms with Gasteiger partial charge in [0.1, 0.15) is 45.0 Å². The van der Waals surface area contributed by atoms with Crippen LogP contribution in [0.3, 0.4) is 0 Å². The maximum absolute atomic E-state index is 7.50. The second kappa shape index (κ2) is 28.8. The normalized spacial score (nSPS) is 14.9. The molecule has 628 valence electrons. The van der Waals surface area contributed by atoms with Crippen LogP contribution in [0.2, 0.25) is 26.2 Å². The zero-order valence-electron chi connectivity index (χ0n) is 75.4. The third kappa shape index (κ3) is 11.0. The fraction of sp³-hybridized carbons (Fsp3) is 0.0960. The van der Waals surface area contributed by atoms with Crippen molar-refractivity contribution in [2.75, 3.05) is 0 Å². The van der Waals surface area contributed by atoms with E-state index in [1.54, 1.807) is 0 Å². The maximum Gasteiger partial charge on any atom is 0.181 e. The van der Waals surface area contributed by atoms with Crippen LogP contribution in [0.4, 0.5) is 0 Å². The summed E-state index contributed by atoms with van der Waals surface area (Å²) in [6.45, 7) is 22.0. The first-order chi connectivity index (χ1) is 64.5. The molecule has 0 N–H and O–H groups in total. The minimum absolute atomic E-state index is 0.376. The number of para-hydroxylation sites is 3. The molecule has 6 heterocycles. The molecule has 7 heteroatoms. The van der Waals surface area contributed by atoms with Crippen molar-refractivity contribution in [3.63, 3.8) is 0 Å². The topological polar surface area (TPSA) is 36.3 Å². The number of hydrogen-bond acceptors (Lipinski definition) is 3. The van der Waals surface area contributed by atoms with Gasteiger partial charge in [-0.2, -0.15) is 0 Å².